The van der Waals surface area contributed by atoms with Crippen molar-refractivity contribution in [1.29, 1.82) is 0 Å². The largest absolute Gasteiger partial charge is 0.444 e. The molecule has 0 spiro atoms. The Morgan fingerprint density at radius 2 is 1.90 bits per heavy atom. The van der Waals surface area contributed by atoms with Gasteiger partial charge in [0, 0.05) is 19.7 Å². The quantitative estimate of drug-likeness (QED) is 0.373. The highest BCUT2D eigenvalue weighted by Crippen LogP contribution is 2.64. The average Bonchev–Trinajstić information content (AvgIpc) is 3.19. The molecule has 2 aliphatic heterocycles. The number of nitrogens with zero attached hydrogens (tertiary/aromatic N) is 1. The van der Waals surface area contributed by atoms with E-state index in [2.05, 4.69) is 36.4 Å². The molecule has 6 atom stereocenters. The smallest absolute Gasteiger partial charge is 0.408 e. The average molecular weight is 565 g/mol. The van der Waals surface area contributed by atoms with Crippen molar-refractivity contribution in [3.05, 3.63) is 12.7 Å². The van der Waals surface area contributed by atoms with Crippen LogP contribution in [0.4, 0.5) is 4.79 Å². The van der Waals surface area contributed by atoms with Crippen LogP contribution in [0.3, 0.4) is 0 Å². The van der Waals surface area contributed by atoms with E-state index >= 15 is 0 Å². The molecule has 3 aliphatic rings. The van der Waals surface area contributed by atoms with Crippen LogP contribution in [0.5, 0.6) is 0 Å². The van der Waals surface area contributed by atoms with Gasteiger partial charge in [-0.2, -0.15) is 0 Å². The fourth-order valence-electron chi connectivity index (χ4n) is 5.97. The zero-order valence-electron chi connectivity index (χ0n) is 24.7. The number of hydrogen-bond acceptors (Lipinski definition) is 7. The first kappa shape index (κ1) is 31.9. The molecular weight excluding hydrogens is 516 g/mol. The fraction of sp³-hybridized carbons (Fsp3) is 0.793. The number of carbonyl (C=O) groups is 4. The molecule has 11 nitrogen and oxygen atoms in total. The zero-order valence-corrected chi connectivity index (χ0v) is 24.7. The van der Waals surface area contributed by atoms with E-state index in [0.717, 1.165) is 32.1 Å². The second-order valence-corrected chi connectivity index (χ2v) is 12.8. The molecule has 1 aliphatic carbocycles. The molecule has 0 radical (unpaired) electrons. The van der Waals surface area contributed by atoms with E-state index in [-0.39, 0.29) is 30.4 Å². The molecule has 0 bridgehead atoms. The van der Waals surface area contributed by atoms with Gasteiger partial charge >= 0.3 is 6.09 Å². The SMILES string of the molecule is C=CCNC(=O)C(O)[C@@H]1CCCCCCCOC[C@H](NC(=O)OC(C)(C)C)C(=O)N2C[C@H]3[C@@H]([C@H]2C(=O)N1)C3(C)C. The summed E-state index contributed by atoms with van der Waals surface area (Å²) in [6, 6.07) is -2.62. The van der Waals surface area contributed by atoms with Gasteiger partial charge in [0.25, 0.3) is 5.91 Å². The first-order chi connectivity index (χ1) is 18.8. The van der Waals surface area contributed by atoms with E-state index in [9.17, 15) is 24.3 Å². The van der Waals surface area contributed by atoms with Crippen molar-refractivity contribution in [2.24, 2.45) is 17.3 Å². The lowest BCUT2D eigenvalue weighted by atomic mass is 9.97. The zero-order chi connectivity index (χ0) is 29.7. The van der Waals surface area contributed by atoms with Gasteiger partial charge in [0.05, 0.1) is 12.6 Å². The van der Waals surface area contributed by atoms with Crippen LogP contribution in [0.1, 0.15) is 73.1 Å². The van der Waals surface area contributed by atoms with Gasteiger partial charge in [0.2, 0.25) is 11.8 Å². The normalized spacial score (nSPS) is 30.2. The first-order valence-corrected chi connectivity index (χ1v) is 14.5. The van der Waals surface area contributed by atoms with Crippen molar-refractivity contribution >= 4 is 23.8 Å². The Balaban J connectivity index is 1.86. The lowest BCUT2D eigenvalue weighted by Crippen LogP contribution is -2.59. The molecule has 3 rings (SSSR count). The summed E-state index contributed by atoms with van der Waals surface area (Å²) in [4.78, 5) is 54.4. The summed E-state index contributed by atoms with van der Waals surface area (Å²) >= 11 is 0. The van der Waals surface area contributed by atoms with Gasteiger partial charge in [-0.3, -0.25) is 14.4 Å². The van der Waals surface area contributed by atoms with E-state index in [1.165, 1.54) is 11.0 Å². The number of rotatable bonds is 5. The van der Waals surface area contributed by atoms with Crippen LogP contribution in [-0.2, 0) is 23.9 Å². The highest BCUT2D eigenvalue weighted by Gasteiger charge is 2.69. The van der Waals surface area contributed by atoms with Crippen LogP contribution in [0, 0.1) is 17.3 Å². The van der Waals surface area contributed by atoms with Gasteiger partial charge in [-0.25, -0.2) is 4.79 Å². The van der Waals surface area contributed by atoms with Crippen LogP contribution in [0.15, 0.2) is 12.7 Å². The number of fused-ring (bicyclic) bond motifs is 3. The van der Waals surface area contributed by atoms with Gasteiger partial charge in [-0.05, 0) is 50.9 Å². The number of alkyl carbamates (subject to hydrolysis) is 1. The Bertz CT molecular complexity index is 947. The Labute approximate surface area is 237 Å². The van der Waals surface area contributed by atoms with Crippen molar-refractivity contribution in [3.63, 3.8) is 0 Å². The van der Waals surface area contributed by atoms with E-state index in [0.29, 0.717) is 19.6 Å². The van der Waals surface area contributed by atoms with E-state index in [1.807, 2.05) is 0 Å². The van der Waals surface area contributed by atoms with E-state index in [1.54, 1.807) is 20.8 Å². The van der Waals surface area contributed by atoms with E-state index in [4.69, 9.17) is 9.47 Å². The Kier molecular flexibility index (Phi) is 10.6. The van der Waals surface area contributed by atoms with E-state index < -0.39 is 53.6 Å². The van der Waals surface area contributed by atoms with Crippen molar-refractivity contribution in [1.82, 2.24) is 20.9 Å². The highest BCUT2D eigenvalue weighted by atomic mass is 16.6. The Morgan fingerprint density at radius 3 is 2.58 bits per heavy atom. The third kappa shape index (κ3) is 7.96. The number of aliphatic hydroxyl groups is 1. The number of carbonyl (C=O) groups excluding carboxylic acids is 4. The molecule has 226 valence electrons. The second-order valence-electron chi connectivity index (χ2n) is 12.8. The maximum absolute atomic E-state index is 13.9. The summed E-state index contributed by atoms with van der Waals surface area (Å²) in [6.07, 6.45) is 4.00. The van der Waals surface area contributed by atoms with Crippen LogP contribution < -0.4 is 16.0 Å². The number of aliphatic hydroxyl groups excluding tert-OH is 1. The molecule has 40 heavy (non-hydrogen) atoms. The number of piperidine rings is 1. The van der Waals surface area contributed by atoms with Crippen LogP contribution in [0.2, 0.25) is 0 Å². The standard InChI is InChI=1S/C29H48N4O7/c1-7-14-30-25(36)23(34)19-13-11-9-8-10-12-15-39-17-20(32-27(38)40-28(2,3)4)26(37)33-16-18-21(29(18,5)6)22(33)24(35)31-19/h7,18-23,34H,1,8-17H2,2-6H3,(H,30,36)(H,31,35)(H,32,38)/t18-,19-,20-,21-,22-,23?/m0/s1. The molecule has 1 saturated carbocycles. The molecule has 11 heteroatoms. The summed E-state index contributed by atoms with van der Waals surface area (Å²) in [5.74, 6) is -1.36. The minimum Gasteiger partial charge on any atom is -0.444 e. The third-order valence-corrected chi connectivity index (χ3v) is 8.24. The summed E-state index contributed by atoms with van der Waals surface area (Å²) in [5, 5.41) is 19.0. The first-order valence-electron chi connectivity index (χ1n) is 14.5. The predicted molar refractivity (Wildman–Crippen MR) is 149 cm³/mol. The Hall–Kier alpha value is -2.66. The molecule has 1 unspecified atom stereocenters. The lowest BCUT2D eigenvalue weighted by molar-refractivity contribution is -0.144. The number of hydrogen-bond donors (Lipinski definition) is 4. The van der Waals surface area contributed by atoms with Crippen LogP contribution in [-0.4, -0.2) is 90.0 Å². The molecular formula is C29H48N4O7. The van der Waals surface area contributed by atoms with Crippen LogP contribution >= 0.6 is 0 Å². The van der Waals surface area contributed by atoms with Crippen molar-refractivity contribution in [2.75, 3.05) is 26.3 Å². The number of nitrogens with one attached hydrogen (secondary N) is 3. The second kappa shape index (κ2) is 13.3. The maximum Gasteiger partial charge on any atom is 0.408 e. The molecule has 3 fully saturated rings. The molecule has 0 aromatic carbocycles. The molecule has 0 aromatic rings. The van der Waals surface area contributed by atoms with Gasteiger partial charge in [0.1, 0.15) is 17.7 Å². The summed E-state index contributed by atoms with van der Waals surface area (Å²) in [7, 11) is 0. The van der Waals surface area contributed by atoms with Gasteiger partial charge in [0.15, 0.2) is 6.10 Å². The van der Waals surface area contributed by atoms with Gasteiger partial charge in [-0.1, -0.05) is 45.6 Å². The van der Waals surface area contributed by atoms with Crippen molar-refractivity contribution in [2.45, 2.75) is 103 Å². The maximum atomic E-state index is 13.9. The molecule has 2 saturated heterocycles. The fourth-order valence-corrected chi connectivity index (χ4v) is 5.97. The van der Waals surface area contributed by atoms with Crippen molar-refractivity contribution < 1.29 is 33.8 Å². The minimum atomic E-state index is -1.44. The van der Waals surface area contributed by atoms with Gasteiger partial charge < -0.3 is 35.4 Å². The van der Waals surface area contributed by atoms with Crippen LogP contribution in [0.25, 0.3) is 0 Å². The minimum absolute atomic E-state index is 0.0353. The van der Waals surface area contributed by atoms with Gasteiger partial charge in [-0.15, -0.1) is 6.58 Å². The number of ether oxygens (including phenoxy) is 2. The third-order valence-electron chi connectivity index (χ3n) is 8.24. The molecule has 4 amide bonds. The summed E-state index contributed by atoms with van der Waals surface area (Å²) < 4.78 is 11.2. The number of amides is 4. The predicted octanol–water partition coefficient (Wildman–Crippen LogP) is 1.88. The van der Waals surface area contributed by atoms with Crippen molar-refractivity contribution in [3.8, 4) is 0 Å². The Morgan fingerprint density at radius 1 is 1.23 bits per heavy atom. The molecule has 2 heterocycles. The summed E-state index contributed by atoms with van der Waals surface area (Å²) in [5.41, 5.74) is -0.887. The lowest BCUT2D eigenvalue weighted by Gasteiger charge is -2.34. The highest BCUT2D eigenvalue weighted by molar-refractivity contribution is 5.93. The topological polar surface area (TPSA) is 146 Å². The molecule has 4 N–H and O–H groups in total. The summed E-state index contributed by atoms with van der Waals surface area (Å²) in [6.45, 7) is 13.9. The molecule has 0 aromatic heterocycles. The monoisotopic (exact) mass is 564 g/mol.